The Morgan fingerprint density at radius 2 is 0.953 bits per heavy atom. The van der Waals surface area contributed by atoms with Crippen molar-refractivity contribution < 1.29 is 57.9 Å². The van der Waals surface area contributed by atoms with E-state index in [1.54, 1.807) is 62.4 Å². The molecule has 4 aromatic rings. The largest absolute Gasteiger partial charge is 0.410 e. The molecule has 4 aliphatic rings. The number of nitrogens with zero attached hydrogens (tertiary/aromatic N) is 2. The summed E-state index contributed by atoms with van der Waals surface area (Å²) in [6.07, 6.45) is 2.41. The molecule has 4 aromatic carbocycles. The van der Waals surface area contributed by atoms with Gasteiger partial charge in [0.25, 0.3) is 11.2 Å². The zero-order valence-corrected chi connectivity index (χ0v) is 36.8. The van der Waals surface area contributed by atoms with E-state index in [9.17, 15) is 19.8 Å². The second-order valence-corrected chi connectivity index (χ2v) is 18.3. The van der Waals surface area contributed by atoms with Crippen LogP contribution in [0.5, 0.6) is 0 Å². The highest BCUT2D eigenvalue weighted by atomic mass is 16.8. The van der Waals surface area contributed by atoms with Gasteiger partial charge in [-0.3, -0.25) is 28.9 Å². The van der Waals surface area contributed by atoms with Crippen molar-refractivity contribution in [2.75, 3.05) is 49.9 Å². The highest BCUT2D eigenvalue weighted by Gasteiger charge is 2.74. The van der Waals surface area contributed by atoms with E-state index in [1.165, 1.54) is 24.3 Å². The standard InChI is InChI=1S/C50H54N4O10/c1-5-27-53(29-11-25-47(31-53)37-13-7-9-15-39(37)51-43(47)57)63-45(59)49(61,41(55)35-21-17-33(3)18-22-35)50(62,42(56)36-23-19-34(4)20-24-36)46(60)64-54(28-6-2)30-12-26-48(32-54)38-14-8-10-16-40(38)52-44(48)58/h7-10,13-24,61-62H,5-6,11-12,25-32H2,1-4H3/p+2/t47?,48?,49?,50?,53-,54-/m1/s1. The molecule has 8 rings (SSSR count). The lowest BCUT2D eigenvalue weighted by Crippen LogP contribution is -2.75. The lowest BCUT2D eigenvalue weighted by molar-refractivity contribution is -1.10. The van der Waals surface area contributed by atoms with Gasteiger partial charge in [0.2, 0.25) is 23.4 Å². The van der Waals surface area contributed by atoms with E-state index in [1.807, 2.05) is 38.1 Å². The van der Waals surface area contributed by atoms with Crippen LogP contribution in [0, 0.1) is 13.8 Å². The number of amides is 2. The number of quaternary nitrogens is 2. The third-order valence-corrected chi connectivity index (χ3v) is 13.9. The minimum Gasteiger partial charge on any atom is -0.368 e. The Morgan fingerprint density at radius 3 is 1.31 bits per heavy atom. The van der Waals surface area contributed by atoms with Crippen molar-refractivity contribution >= 4 is 46.7 Å². The number of hydroxylamine groups is 6. The normalized spacial score (nSPS) is 26.5. The molecule has 14 nitrogen and oxygen atoms in total. The summed E-state index contributed by atoms with van der Waals surface area (Å²) in [5.41, 5.74) is -6.79. The minimum atomic E-state index is -3.97. The maximum Gasteiger partial charge on any atom is 0.410 e. The number of rotatable bonds is 13. The third kappa shape index (κ3) is 7.03. The molecule has 2 spiro atoms. The number of carbonyl (C=O) groups excluding carboxylic acids is 6. The van der Waals surface area contributed by atoms with E-state index < -0.39 is 54.8 Å². The Kier molecular flexibility index (Phi) is 11.5. The van der Waals surface area contributed by atoms with Gasteiger partial charge >= 0.3 is 11.9 Å². The molecule has 0 bridgehead atoms. The molecule has 4 unspecified atom stereocenters. The second kappa shape index (κ2) is 16.5. The van der Waals surface area contributed by atoms with Gasteiger partial charge in [0.15, 0.2) is 0 Å². The zero-order valence-electron chi connectivity index (χ0n) is 36.8. The maximum absolute atomic E-state index is 15.5. The number of nitrogens with one attached hydrogen (secondary N) is 2. The predicted molar refractivity (Wildman–Crippen MR) is 235 cm³/mol. The smallest absolute Gasteiger partial charge is 0.368 e. The van der Waals surface area contributed by atoms with Gasteiger partial charge < -0.3 is 20.8 Å². The van der Waals surface area contributed by atoms with Crippen LogP contribution in [0.2, 0.25) is 0 Å². The van der Waals surface area contributed by atoms with Gasteiger partial charge in [0, 0.05) is 35.3 Å². The first-order valence-corrected chi connectivity index (χ1v) is 22.2. The molecular weight excluding hydrogens is 817 g/mol. The molecule has 2 fully saturated rings. The molecule has 4 heterocycles. The van der Waals surface area contributed by atoms with Crippen molar-refractivity contribution in [2.24, 2.45) is 0 Å². The number of likely N-dealkylation sites (tertiary alicyclic amines) is 2. The third-order valence-electron chi connectivity index (χ3n) is 13.9. The topological polar surface area (TPSA) is 185 Å². The van der Waals surface area contributed by atoms with Gasteiger partial charge in [-0.2, -0.15) is 0 Å². The number of para-hydroxylation sites is 2. The summed E-state index contributed by atoms with van der Waals surface area (Å²) >= 11 is 0. The Hall–Kier alpha value is -6.06. The van der Waals surface area contributed by atoms with Crippen LogP contribution in [-0.4, -0.2) is 105 Å². The fourth-order valence-corrected chi connectivity index (χ4v) is 10.8. The average molecular weight is 873 g/mol. The van der Waals surface area contributed by atoms with Gasteiger partial charge in [0.1, 0.15) is 50.1 Å². The molecular formula is C50H56N4O10+2. The Bertz CT molecular complexity index is 2360. The highest BCUT2D eigenvalue weighted by molar-refractivity contribution is 6.29. The van der Waals surface area contributed by atoms with E-state index in [2.05, 4.69) is 10.6 Å². The summed E-state index contributed by atoms with van der Waals surface area (Å²) in [6.45, 7) is 7.58. The van der Waals surface area contributed by atoms with Gasteiger partial charge in [-0.05, 0) is 62.8 Å². The number of benzene rings is 4. The highest BCUT2D eigenvalue weighted by Crippen LogP contribution is 2.48. The van der Waals surface area contributed by atoms with Crippen LogP contribution in [0.3, 0.4) is 0 Å². The van der Waals surface area contributed by atoms with Crippen LogP contribution >= 0.6 is 0 Å². The predicted octanol–water partition coefficient (Wildman–Crippen LogP) is 5.57. The number of ketones is 2. The van der Waals surface area contributed by atoms with Crippen LogP contribution in [0.1, 0.15) is 95.3 Å². The molecule has 14 heteroatoms. The molecule has 0 aliphatic carbocycles. The molecule has 0 saturated carbocycles. The lowest BCUT2D eigenvalue weighted by atomic mass is 9.72. The average Bonchev–Trinajstić information content (AvgIpc) is 3.70. The number of aliphatic hydroxyl groups is 2. The number of aryl methyl sites for hydroxylation is 2. The summed E-state index contributed by atoms with van der Waals surface area (Å²) in [5, 5.41) is 32.5. The Morgan fingerprint density at radius 1 is 0.594 bits per heavy atom. The van der Waals surface area contributed by atoms with Gasteiger partial charge in [0.05, 0.1) is 0 Å². The summed E-state index contributed by atoms with van der Waals surface area (Å²) in [4.78, 5) is 102. The summed E-state index contributed by atoms with van der Waals surface area (Å²) < 4.78 is -1.14. The van der Waals surface area contributed by atoms with E-state index >= 15 is 19.2 Å². The van der Waals surface area contributed by atoms with E-state index in [0.29, 0.717) is 61.0 Å². The quantitative estimate of drug-likeness (QED) is 0.0753. The van der Waals surface area contributed by atoms with E-state index in [4.69, 9.17) is 9.68 Å². The van der Waals surface area contributed by atoms with Crippen molar-refractivity contribution in [2.45, 2.75) is 88.3 Å². The van der Waals surface area contributed by atoms with Crippen molar-refractivity contribution in [1.82, 2.24) is 0 Å². The molecule has 64 heavy (non-hydrogen) atoms. The number of hydrogen-bond donors (Lipinski definition) is 4. The molecule has 2 saturated heterocycles. The number of piperidine rings is 2. The van der Waals surface area contributed by atoms with E-state index in [-0.39, 0.29) is 62.2 Å². The first kappa shape index (κ1) is 44.5. The van der Waals surface area contributed by atoms with Crippen LogP contribution in [-0.2, 0) is 39.7 Å². The van der Waals surface area contributed by atoms with Crippen LogP contribution < -0.4 is 10.6 Å². The van der Waals surface area contributed by atoms with Crippen molar-refractivity contribution in [1.29, 1.82) is 0 Å². The SMILES string of the molecule is CCC[N@@+]1(OC(=O)C(O)(C(=O)c2ccc(C)cc2)C(O)(C(=O)O[N@+]2(CCC)CCCC3(C2)C(=O)Nc2ccccc23)C(=O)c2ccc(C)cc2)CCCC2(C1)C(=O)Nc1ccccc12. The van der Waals surface area contributed by atoms with Gasteiger partial charge in [-0.1, -0.05) is 110 Å². The van der Waals surface area contributed by atoms with Crippen LogP contribution in [0.4, 0.5) is 11.4 Å². The van der Waals surface area contributed by atoms with Crippen molar-refractivity contribution in [3.05, 3.63) is 130 Å². The number of Topliss-reactive ketones (excluding diaryl/α,β-unsaturated/α-hetero) is 2. The molecule has 2 amide bonds. The van der Waals surface area contributed by atoms with Crippen LogP contribution in [0.25, 0.3) is 0 Å². The summed E-state index contributed by atoms with van der Waals surface area (Å²) in [7, 11) is 0. The molecule has 6 atom stereocenters. The van der Waals surface area contributed by atoms with Crippen molar-refractivity contribution in [3.63, 3.8) is 0 Å². The second-order valence-electron chi connectivity index (χ2n) is 18.3. The number of carbonyl (C=O) groups is 6. The first-order chi connectivity index (χ1) is 30.5. The summed E-state index contributed by atoms with van der Waals surface area (Å²) in [6, 6.07) is 25.9. The molecule has 0 radical (unpaired) electrons. The maximum atomic E-state index is 15.5. The van der Waals surface area contributed by atoms with Crippen LogP contribution in [0.15, 0.2) is 97.1 Å². The lowest BCUT2D eigenvalue weighted by Gasteiger charge is -2.47. The Labute approximate surface area is 372 Å². The molecule has 0 aromatic heterocycles. The number of anilines is 2. The Balaban J connectivity index is 1.27. The zero-order chi connectivity index (χ0) is 45.7. The molecule has 4 N–H and O–H groups in total. The minimum absolute atomic E-state index is 0.0961. The monoisotopic (exact) mass is 872 g/mol. The van der Waals surface area contributed by atoms with Gasteiger partial charge in [-0.15, -0.1) is 9.29 Å². The van der Waals surface area contributed by atoms with E-state index in [0.717, 1.165) is 11.1 Å². The fourth-order valence-electron chi connectivity index (χ4n) is 10.8. The number of fused-ring (bicyclic) bond motifs is 4. The molecule has 334 valence electrons. The van der Waals surface area contributed by atoms with Gasteiger partial charge in [-0.25, -0.2) is 9.59 Å². The fraction of sp³-hybridized carbons (Fsp3) is 0.400. The summed E-state index contributed by atoms with van der Waals surface area (Å²) in [5.74, 6) is -7.10. The number of hydrogen-bond acceptors (Lipinski definition) is 10. The first-order valence-electron chi connectivity index (χ1n) is 22.2. The molecule has 4 aliphatic heterocycles. The van der Waals surface area contributed by atoms with Crippen molar-refractivity contribution in [3.8, 4) is 0 Å².